The minimum absolute atomic E-state index is 0.219. The van der Waals surface area contributed by atoms with Crippen LogP contribution in [0.4, 0.5) is 4.79 Å². The molecule has 0 radical (unpaired) electrons. The molecule has 3 rings (SSSR count). The van der Waals surface area contributed by atoms with Crippen LogP contribution in [0.1, 0.15) is 16.7 Å². The van der Waals surface area contributed by atoms with Crippen LogP contribution in [0.3, 0.4) is 0 Å². The van der Waals surface area contributed by atoms with Crippen molar-refractivity contribution in [2.24, 2.45) is 5.73 Å². The maximum absolute atomic E-state index is 12.6. The molecule has 0 bridgehead atoms. The Kier molecular flexibility index (Phi) is 8.31. The first-order valence-electron chi connectivity index (χ1n) is 10.2. The van der Waals surface area contributed by atoms with Crippen LogP contribution in [0, 0.1) is 0 Å². The number of rotatable bonds is 10. The molecular formula is C25H28N2O4. The van der Waals surface area contributed by atoms with Crippen LogP contribution in [0.25, 0.3) is 0 Å². The van der Waals surface area contributed by atoms with Crippen molar-refractivity contribution in [3.8, 4) is 11.5 Å². The molecule has 31 heavy (non-hydrogen) atoms. The Bertz CT molecular complexity index is 948. The summed E-state index contributed by atoms with van der Waals surface area (Å²) < 4.78 is 16.9. The lowest BCUT2D eigenvalue weighted by atomic mass is 10.2. The third-order valence-corrected chi connectivity index (χ3v) is 4.70. The molecule has 6 heteroatoms. The fourth-order valence-electron chi connectivity index (χ4n) is 3.09. The van der Waals surface area contributed by atoms with Crippen molar-refractivity contribution >= 4 is 6.09 Å². The van der Waals surface area contributed by atoms with E-state index in [0.29, 0.717) is 37.7 Å². The van der Waals surface area contributed by atoms with Gasteiger partial charge in [0.25, 0.3) is 0 Å². The topological polar surface area (TPSA) is 74.0 Å². The molecule has 6 nitrogen and oxygen atoms in total. The molecule has 0 heterocycles. The number of carbonyl (C=O) groups is 1. The minimum Gasteiger partial charge on any atom is -0.493 e. The molecule has 0 saturated carbocycles. The van der Waals surface area contributed by atoms with Gasteiger partial charge in [0.05, 0.1) is 7.11 Å². The lowest BCUT2D eigenvalue weighted by Gasteiger charge is -2.22. The number of hydrogen-bond donors (Lipinski definition) is 1. The highest BCUT2D eigenvalue weighted by molar-refractivity contribution is 5.67. The van der Waals surface area contributed by atoms with Gasteiger partial charge in [0.2, 0.25) is 0 Å². The zero-order valence-electron chi connectivity index (χ0n) is 17.7. The SMILES string of the molecule is COc1cc(CN(CCN)C(=O)OCc2ccccc2)ccc1OCc1ccccc1. The van der Waals surface area contributed by atoms with E-state index in [-0.39, 0.29) is 6.61 Å². The number of nitrogens with zero attached hydrogens (tertiary/aromatic N) is 1. The second-order valence-corrected chi connectivity index (χ2v) is 7.01. The number of hydrogen-bond acceptors (Lipinski definition) is 5. The molecule has 0 aliphatic rings. The molecule has 0 spiro atoms. The van der Waals surface area contributed by atoms with E-state index in [1.807, 2.05) is 78.9 Å². The van der Waals surface area contributed by atoms with Gasteiger partial charge < -0.3 is 24.8 Å². The highest BCUT2D eigenvalue weighted by Gasteiger charge is 2.16. The largest absolute Gasteiger partial charge is 0.493 e. The summed E-state index contributed by atoms with van der Waals surface area (Å²) in [5.41, 5.74) is 8.61. The number of nitrogens with two attached hydrogens (primary N) is 1. The van der Waals surface area contributed by atoms with E-state index in [2.05, 4.69) is 0 Å². The van der Waals surface area contributed by atoms with E-state index in [4.69, 9.17) is 19.9 Å². The molecule has 0 atom stereocenters. The summed E-state index contributed by atoms with van der Waals surface area (Å²) in [6, 6.07) is 25.1. The van der Waals surface area contributed by atoms with Crippen LogP contribution in [0.15, 0.2) is 78.9 Å². The van der Waals surface area contributed by atoms with Crippen LogP contribution < -0.4 is 15.2 Å². The Hall–Kier alpha value is -3.51. The molecule has 2 N–H and O–H groups in total. The van der Waals surface area contributed by atoms with Gasteiger partial charge in [-0.2, -0.15) is 0 Å². The number of methoxy groups -OCH3 is 1. The number of carbonyl (C=O) groups excluding carboxylic acids is 1. The summed E-state index contributed by atoms with van der Waals surface area (Å²) in [5, 5.41) is 0. The van der Waals surface area contributed by atoms with Gasteiger partial charge in [-0.15, -0.1) is 0 Å². The van der Waals surface area contributed by atoms with E-state index in [0.717, 1.165) is 16.7 Å². The maximum Gasteiger partial charge on any atom is 0.410 e. The molecule has 3 aromatic rings. The van der Waals surface area contributed by atoms with Gasteiger partial charge in [-0.25, -0.2) is 4.79 Å². The zero-order chi connectivity index (χ0) is 21.9. The smallest absolute Gasteiger partial charge is 0.410 e. The van der Waals surface area contributed by atoms with Gasteiger partial charge in [-0.1, -0.05) is 66.7 Å². The summed E-state index contributed by atoms with van der Waals surface area (Å²) in [7, 11) is 1.60. The van der Waals surface area contributed by atoms with Gasteiger partial charge >= 0.3 is 6.09 Å². The van der Waals surface area contributed by atoms with Crippen LogP contribution in [0.5, 0.6) is 11.5 Å². The van der Waals surface area contributed by atoms with Crippen LogP contribution in [-0.2, 0) is 24.5 Å². The second-order valence-electron chi connectivity index (χ2n) is 7.01. The van der Waals surface area contributed by atoms with Crippen molar-refractivity contribution < 1.29 is 19.0 Å². The van der Waals surface area contributed by atoms with Crippen LogP contribution in [-0.4, -0.2) is 31.2 Å². The zero-order valence-corrected chi connectivity index (χ0v) is 17.7. The van der Waals surface area contributed by atoms with Gasteiger partial charge in [0.1, 0.15) is 13.2 Å². The molecule has 0 aliphatic carbocycles. The molecule has 1 amide bonds. The predicted octanol–water partition coefficient (Wildman–Crippen LogP) is 4.37. The number of ether oxygens (including phenoxy) is 3. The molecule has 0 fully saturated rings. The second kappa shape index (κ2) is 11.6. The van der Waals surface area contributed by atoms with Gasteiger partial charge in [-0.05, 0) is 28.8 Å². The van der Waals surface area contributed by atoms with Gasteiger partial charge in [0.15, 0.2) is 11.5 Å². The molecule has 0 aliphatic heterocycles. The van der Waals surface area contributed by atoms with Gasteiger partial charge in [-0.3, -0.25) is 0 Å². The Balaban J connectivity index is 1.63. The molecule has 162 valence electrons. The van der Waals surface area contributed by atoms with Crippen molar-refractivity contribution in [3.05, 3.63) is 95.6 Å². The summed E-state index contributed by atoms with van der Waals surface area (Å²) >= 11 is 0. The maximum atomic E-state index is 12.6. The van der Waals surface area contributed by atoms with Crippen molar-refractivity contribution in [3.63, 3.8) is 0 Å². The molecule has 3 aromatic carbocycles. The first-order chi connectivity index (χ1) is 15.2. The molecule has 0 aromatic heterocycles. The molecule has 0 saturated heterocycles. The van der Waals surface area contributed by atoms with E-state index < -0.39 is 6.09 Å². The lowest BCUT2D eigenvalue weighted by molar-refractivity contribution is 0.0947. The minimum atomic E-state index is -0.405. The normalized spacial score (nSPS) is 10.4. The van der Waals surface area contributed by atoms with E-state index in [1.54, 1.807) is 12.0 Å². The van der Waals surface area contributed by atoms with Crippen molar-refractivity contribution in [1.29, 1.82) is 0 Å². The Morgan fingerprint density at radius 2 is 1.48 bits per heavy atom. The standard InChI is InChI=1S/C25H28N2O4/c1-29-24-16-22(12-13-23(24)30-18-20-8-4-2-5-9-20)17-27(15-14-26)25(28)31-19-21-10-6-3-7-11-21/h2-13,16H,14-15,17-19,26H2,1H3. The van der Waals surface area contributed by atoms with Crippen LogP contribution in [0.2, 0.25) is 0 Å². The third kappa shape index (κ3) is 6.76. The summed E-state index contributed by atoms with van der Waals surface area (Å²) in [6.07, 6.45) is -0.405. The number of benzene rings is 3. The summed E-state index contributed by atoms with van der Waals surface area (Å²) in [4.78, 5) is 14.2. The van der Waals surface area contributed by atoms with Gasteiger partial charge in [0, 0.05) is 19.6 Å². The fraction of sp³-hybridized carbons (Fsp3) is 0.240. The monoisotopic (exact) mass is 420 g/mol. The van der Waals surface area contributed by atoms with Crippen LogP contribution >= 0.6 is 0 Å². The van der Waals surface area contributed by atoms with E-state index in [1.165, 1.54) is 0 Å². The summed E-state index contributed by atoms with van der Waals surface area (Å²) in [5.74, 6) is 1.26. The third-order valence-electron chi connectivity index (χ3n) is 4.70. The average molecular weight is 421 g/mol. The highest BCUT2D eigenvalue weighted by Crippen LogP contribution is 2.29. The Labute approximate surface area is 183 Å². The lowest BCUT2D eigenvalue weighted by Crippen LogP contribution is -2.35. The first kappa shape index (κ1) is 22.2. The Morgan fingerprint density at radius 3 is 2.10 bits per heavy atom. The fourth-order valence-corrected chi connectivity index (χ4v) is 3.09. The first-order valence-corrected chi connectivity index (χ1v) is 10.2. The van der Waals surface area contributed by atoms with Crippen molar-refractivity contribution in [2.45, 2.75) is 19.8 Å². The van der Waals surface area contributed by atoms with E-state index >= 15 is 0 Å². The molecule has 0 unspecified atom stereocenters. The Morgan fingerprint density at radius 1 is 0.839 bits per heavy atom. The molecular weight excluding hydrogens is 392 g/mol. The average Bonchev–Trinajstić information content (AvgIpc) is 2.82. The summed E-state index contributed by atoms with van der Waals surface area (Å²) in [6.45, 7) is 1.76. The number of amides is 1. The quantitative estimate of drug-likeness (QED) is 0.527. The van der Waals surface area contributed by atoms with Crippen molar-refractivity contribution in [2.75, 3.05) is 20.2 Å². The van der Waals surface area contributed by atoms with E-state index in [9.17, 15) is 4.79 Å². The van der Waals surface area contributed by atoms with Crippen molar-refractivity contribution in [1.82, 2.24) is 4.90 Å². The highest BCUT2D eigenvalue weighted by atomic mass is 16.6. The predicted molar refractivity (Wildman–Crippen MR) is 120 cm³/mol.